The quantitative estimate of drug-likeness (QED) is 0.844. The highest BCUT2D eigenvalue weighted by Crippen LogP contribution is 2.22. The van der Waals surface area contributed by atoms with Crippen molar-refractivity contribution in [3.63, 3.8) is 0 Å². The van der Waals surface area contributed by atoms with Gasteiger partial charge in [-0.1, -0.05) is 0 Å². The fourth-order valence-corrected chi connectivity index (χ4v) is 3.49. The molecule has 1 aliphatic heterocycles. The van der Waals surface area contributed by atoms with Crippen molar-refractivity contribution in [1.82, 2.24) is 4.72 Å². The van der Waals surface area contributed by atoms with Crippen LogP contribution < -0.4 is 9.62 Å². The molecule has 1 saturated heterocycles. The fraction of sp³-hybridized carbons (Fsp3) is 0.500. The molecule has 1 aliphatic rings. The summed E-state index contributed by atoms with van der Waals surface area (Å²) in [4.78, 5) is 13.6. The molecule has 0 aliphatic carbocycles. The lowest BCUT2D eigenvalue weighted by Gasteiger charge is -2.26. The number of carbonyl (C=O) groups is 1. The van der Waals surface area contributed by atoms with E-state index in [2.05, 4.69) is 4.72 Å². The Labute approximate surface area is 124 Å². The maximum atomic E-state index is 12.1. The molecule has 1 amide bonds. The average molecular weight is 312 g/mol. The monoisotopic (exact) mass is 312 g/mol. The predicted octanol–water partition coefficient (Wildman–Crippen LogP) is 0.863. The molecule has 0 saturated carbocycles. The van der Waals surface area contributed by atoms with Gasteiger partial charge in [-0.3, -0.25) is 4.79 Å². The first-order valence-electron chi connectivity index (χ1n) is 6.97. The Kier molecular flexibility index (Phi) is 4.97. The van der Waals surface area contributed by atoms with Gasteiger partial charge in [-0.2, -0.15) is 0 Å². The maximum absolute atomic E-state index is 12.1. The van der Waals surface area contributed by atoms with Crippen molar-refractivity contribution in [3.05, 3.63) is 24.3 Å². The lowest BCUT2D eigenvalue weighted by Crippen LogP contribution is -2.36. The normalized spacial score (nSPS) is 17.8. The molecular formula is C14H20N2O4S. The van der Waals surface area contributed by atoms with Gasteiger partial charge in [0.2, 0.25) is 15.9 Å². The van der Waals surface area contributed by atoms with E-state index in [-0.39, 0.29) is 17.4 Å². The number of rotatable bonds is 5. The van der Waals surface area contributed by atoms with Crippen LogP contribution in [0.3, 0.4) is 0 Å². The van der Waals surface area contributed by atoms with Crippen LogP contribution in [-0.2, 0) is 14.8 Å². The third kappa shape index (κ3) is 3.81. The van der Waals surface area contributed by atoms with E-state index in [4.69, 9.17) is 5.11 Å². The number of amides is 1. The Morgan fingerprint density at radius 1 is 1.29 bits per heavy atom. The molecular weight excluding hydrogens is 292 g/mol. The van der Waals surface area contributed by atoms with Gasteiger partial charge in [-0.05, 0) is 44.0 Å². The van der Waals surface area contributed by atoms with Crippen LogP contribution in [0.25, 0.3) is 0 Å². The summed E-state index contributed by atoms with van der Waals surface area (Å²) in [6.45, 7) is 1.99. The number of nitrogens with one attached hydrogen (secondary N) is 1. The lowest BCUT2D eigenvalue weighted by molar-refractivity contribution is -0.119. The average Bonchev–Trinajstić information content (AvgIpc) is 2.47. The number of aliphatic hydroxyl groups excluding tert-OH is 1. The Balaban J connectivity index is 2.17. The summed E-state index contributed by atoms with van der Waals surface area (Å²) in [5, 5.41) is 8.92. The molecule has 1 heterocycles. The van der Waals surface area contributed by atoms with Gasteiger partial charge in [0, 0.05) is 24.7 Å². The van der Waals surface area contributed by atoms with Crippen LogP contribution in [-0.4, -0.2) is 38.6 Å². The van der Waals surface area contributed by atoms with Crippen molar-refractivity contribution >= 4 is 21.6 Å². The predicted molar refractivity (Wildman–Crippen MR) is 79.5 cm³/mol. The molecule has 0 aromatic heterocycles. The molecule has 1 fully saturated rings. The summed E-state index contributed by atoms with van der Waals surface area (Å²) in [5.41, 5.74) is 0.717. The zero-order chi connectivity index (χ0) is 15.5. The van der Waals surface area contributed by atoms with E-state index in [1.807, 2.05) is 0 Å². The van der Waals surface area contributed by atoms with Crippen molar-refractivity contribution in [2.45, 2.75) is 37.1 Å². The van der Waals surface area contributed by atoms with E-state index in [9.17, 15) is 13.2 Å². The molecule has 2 N–H and O–H groups in total. The lowest BCUT2D eigenvalue weighted by atomic mass is 10.1. The molecule has 0 unspecified atom stereocenters. The first kappa shape index (κ1) is 15.9. The molecule has 6 nitrogen and oxygen atoms in total. The number of benzene rings is 1. The fourth-order valence-electron chi connectivity index (χ4n) is 2.25. The van der Waals surface area contributed by atoms with E-state index in [1.54, 1.807) is 24.0 Å². The van der Waals surface area contributed by atoms with Crippen LogP contribution in [0.4, 0.5) is 5.69 Å². The number of aliphatic hydroxyl groups is 1. The van der Waals surface area contributed by atoms with Crippen LogP contribution in [0.2, 0.25) is 0 Å². The summed E-state index contributed by atoms with van der Waals surface area (Å²) in [7, 11) is -3.65. The van der Waals surface area contributed by atoms with Gasteiger partial charge < -0.3 is 10.0 Å². The van der Waals surface area contributed by atoms with Crippen LogP contribution in [0.15, 0.2) is 29.2 Å². The van der Waals surface area contributed by atoms with Gasteiger partial charge in [0.15, 0.2) is 0 Å². The SMILES string of the molecule is C[C@@H](CO)NS(=O)(=O)c1ccc(N2CCCCC2=O)cc1. The minimum absolute atomic E-state index is 0.0730. The highest BCUT2D eigenvalue weighted by molar-refractivity contribution is 7.89. The second-order valence-electron chi connectivity index (χ2n) is 5.20. The third-order valence-electron chi connectivity index (χ3n) is 3.41. The highest BCUT2D eigenvalue weighted by Gasteiger charge is 2.21. The number of hydrogen-bond acceptors (Lipinski definition) is 4. The Hall–Kier alpha value is -1.44. The zero-order valence-electron chi connectivity index (χ0n) is 11.9. The number of nitrogens with zero attached hydrogens (tertiary/aromatic N) is 1. The second-order valence-corrected chi connectivity index (χ2v) is 6.92. The number of carbonyl (C=O) groups excluding carboxylic acids is 1. The molecule has 0 radical (unpaired) electrons. The molecule has 2 rings (SSSR count). The molecule has 1 aromatic carbocycles. The number of hydrogen-bond donors (Lipinski definition) is 2. The number of sulfonamides is 1. The van der Waals surface area contributed by atoms with Gasteiger partial charge in [0.25, 0.3) is 0 Å². The summed E-state index contributed by atoms with van der Waals surface area (Å²) >= 11 is 0. The molecule has 0 bridgehead atoms. The number of anilines is 1. The summed E-state index contributed by atoms with van der Waals surface area (Å²) in [5.74, 6) is 0.0730. The minimum Gasteiger partial charge on any atom is -0.395 e. The van der Waals surface area contributed by atoms with E-state index in [1.165, 1.54) is 12.1 Å². The molecule has 0 spiro atoms. The third-order valence-corrected chi connectivity index (χ3v) is 5.02. The van der Waals surface area contributed by atoms with Crippen LogP contribution in [0.1, 0.15) is 26.2 Å². The molecule has 7 heteroatoms. The molecule has 1 aromatic rings. The van der Waals surface area contributed by atoms with Gasteiger partial charge >= 0.3 is 0 Å². The zero-order valence-corrected chi connectivity index (χ0v) is 12.8. The Morgan fingerprint density at radius 2 is 1.95 bits per heavy atom. The first-order valence-corrected chi connectivity index (χ1v) is 8.46. The first-order chi connectivity index (χ1) is 9.94. The summed E-state index contributed by atoms with van der Waals surface area (Å²) in [6.07, 6.45) is 2.40. The van der Waals surface area contributed by atoms with Gasteiger partial charge in [0.05, 0.1) is 11.5 Å². The van der Waals surface area contributed by atoms with Gasteiger partial charge in [-0.25, -0.2) is 13.1 Å². The van der Waals surface area contributed by atoms with Gasteiger partial charge in [-0.15, -0.1) is 0 Å². The summed E-state index contributed by atoms with van der Waals surface area (Å²) < 4.78 is 26.5. The van der Waals surface area contributed by atoms with Gasteiger partial charge in [0.1, 0.15) is 0 Å². The van der Waals surface area contributed by atoms with Crippen molar-refractivity contribution in [3.8, 4) is 0 Å². The van der Waals surface area contributed by atoms with Crippen molar-refractivity contribution in [1.29, 1.82) is 0 Å². The highest BCUT2D eigenvalue weighted by atomic mass is 32.2. The smallest absolute Gasteiger partial charge is 0.240 e. The van der Waals surface area contributed by atoms with Crippen molar-refractivity contribution in [2.75, 3.05) is 18.1 Å². The molecule has 116 valence electrons. The molecule has 21 heavy (non-hydrogen) atoms. The topological polar surface area (TPSA) is 86.7 Å². The van der Waals surface area contributed by atoms with E-state index < -0.39 is 16.1 Å². The minimum atomic E-state index is -3.65. The maximum Gasteiger partial charge on any atom is 0.240 e. The van der Waals surface area contributed by atoms with Crippen molar-refractivity contribution < 1.29 is 18.3 Å². The van der Waals surface area contributed by atoms with E-state index in [0.29, 0.717) is 18.7 Å². The van der Waals surface area contributed by atoms with E-state index >= 15 is 0 Å². The van der Waals surface area contributed by atoms with Crippen LogP contribution in [0, 0.1) is 0 Å². The Morgan fingerprint density at radius 3 is 2.52 bits per heavy atom. The van der Waals surface area contributed by atoms with E-state index in [0.717, 1.165) is 12.8 Å². The largest absolute Gasteiger partial charge is 0.395 e. The number of piperidine rings is 1. The van der Waals surface area contributed by atoms with Crippen LogP contribution >= 0.6 is 0 Å². The standard InChI is InChI=1S/C14H20N2O4S/c1-11(10-17)15-21(19,20)13-7-5-12(6-8-13)16-9-3-2-4-14(16)18/h5-8,11,15,17H,2-4,9-10H2,1H3/t11-/m0/s1. The second kappa shape index (κ2) is 6.55. The Bertz CT molecular complexity index is 598. The summed E-state index contributed by atoms with van der Waals surface area (Å²) in [6, 6.07) is 5.69. The van der Waals surface area contributed by atoms with Crippen LogP contribution in [0.5, 0.6) is 0 Å². The molecule has 1 atom stereocenters. The van der Waals surface area contributed by atoms with Crippen molar-refractivity contribution in [2.24, 2.45) is 0 Å².